The lowest BCUT2D eigenvalue weighted by atomic mass is 9.90. The van der Waals surface area contributed by atoms with E-state index in [0.29, 0.717) is 10.6 Å². The fourth-order valence-corrected chi connectivity index (χ4v) is 2.76. The Bertz CT molecular complexity index is 787. The smallest absolute Gasteiger partial charge is 0.336 e. The zero-order valence-corrected chi connectivity index (χ0v) is 12.3. The molecule has 116 valence electrons. The maximum atomic E-state index is 12.4. The van der Waals surface area contributed by atoms with Crippen LogP contribution in [0.25, 0.3) is 0 Å². The maximum Gasteiger partial charge on any atom is 0.336 e. The third kappa shape index (κ3) is 2.78. The molecule has 1 unspecified atom stereocenters. The molecule has 0 fully saturated rings. The number of benzene rings is 2. The number of nitrogens with zero attached hydrogens (tertiary/aromatic N) is 2. The standard InChI is InChI=1S/C17H15N3O3/c18-16-10-14(12-6-2-1-3-7-12)13-8-4-5-9-15(13)19(20(16)23)11-17(21)22/h1-10,14H,11,18H2/p+1. The molecule has 2 aromatic rings. The summed E-state index contributed by atoms with van der Waals surface area (Å²) < 4.78 is 0. The molecule has 0 amide bonds. The minimum atomic E-state index is -1.10. The van der Waals surface area contributed by atoms with Crippen molar-refractivity contribution in [3.63, 3.8) is 0 Å². The number of hydrogen-bond acceptors (Lipinski definition) is 3. The van der Waals surface area contributed by atoms with Gasteiger partial charge in [0.25, 0.3) is 0 Å². The lowest BCUT2D eigenvalue weighted by Crippen LogP contribution is -2.39. The van der Waals surface area contributed by atoms with Gasteiger partial charge >= 0.3 is 11.8 Å². The van der Waals surface area contributed by atoms with Gasteiger partial charge in [0.15, 0.2) is 6.54 Å². The Hall–Kier alpha value is -3.15. The minimum absolute atomic E-state index is 0.0312. The van der Waals surface area contributed by atoms with Gasteiger partial charge in [-0.1, -0.05) is 48.5 Å². The van der Waals surface area contributed by atoms with E-state index in [0.717, 1.165) is 16.1 Å². The third-order valence-electron chi connectivity index (χ3n) is 3.77. The van der Waals surface area contributed by atoms with Gasteiger partial charge in [0.2, 0.25) is 0 Å². The SMILES string of the molecule is NC1=CC(c2ccccc2)c2ccccc2N(CC(=O)O)[N+]1=O. The summed E-state index contributed by atoms with van der Waals surface area (Å²) in [5.74, 6) is -1.36. The number of nitroso groups, excluding NO2 is 1. The molecule has 2 aromatic carbocycles. The van der Waals surface area contributed by atoms with Gasteiger partial charge in [-0.2, -0.15) is 5.01 Å². The van der Waals surface area contributed by atoms with Crippen molar-refractivity contribution >= 4 is 11.7 Å². The molecule has 0 aromatic heterocycles. The van der Waals surface area contributed by atoms with Crippen LogP contribution in [0.3, 0.4) is 0 Å². The zero-order valence-electron chi connectivity index (χ0n) is 12.3. The molecule has 1 heterocycles. The quantitative estimate of drug-likeness (QED) is 0.849. The van der Waals surface area contributed by atoms with Crippen LogP contribution in [0.1, 0.15) is 17.0 Å². The molecular formula is C17H16N3O3+. The highest BCUT2D eigenvalue weighted by atomic mass is 16.4. The number of carboxylic acid groups (broad SMARTS) is 1. The molecule has 3 N–H and O–H groups in total. The average Bonchev–Trinajstić information content (AvgIpc) is 2.66. The Morgan fingerprint density at radius 2 is 1.78 bits per heavy atom. The van der Waals surface area contributed by atoms with E-state index in [9.17, 15) is 9.70 Å². The van der Waals surface area contributed by atoms with Crippen LogP contribution in [0.2, 0.25) is 0 Å². The Labute approximate surface area is 133 Å². The number of nitrogens with two attached hydrogens (primary N) is 1. The van der Waals surface area contributed by atoms with E-state index >= 15 is 0 Å². The molecule has 0 radical (unpaired) electrons. The second-order valence-corrected chi connectivity index (χ2v) is 5.26. The molecule has 0 spiro atoms. The second kappa shape index (κ2) is 5.92. The summed E-state index contributed by atoms with van der Waals surface area (Å²) in [4.78, 5) is 24.0. The number of carboxylic acids is 1. The van der Waals surface area contributed by atoms with Crippen LogP contribution in [0.5, 0.6) is 0 Å². The normalized spacial score (nSPS) is 17.2. The molecule has 0 saturated carbocycles. The van der Waals surface area contributed by atoms with Crippen LogP contribution in [0, 0.1) is 4.91 Å². The molecule has 6 heteroatoms. The third-order valence-corrected chi connectivity index (χ3v) is 3.77. The molecule has 1 aliphatic heterocycles. The number of hydrazine groups is 1. The van der Waals surface area contributed by atoms with E-state index in [4.69, 9.17) is 10.8 Å². The van der Waals surface area contributed by atoms with Crippen molar-refractivity contribution in [2.24, 2.45) is 5.73 Å². The predicted molar refractivity (Wildman–Crippen MR) is 85.6 cm³/mol. The molecular weight excluding hydrogens is 294 g/mol. The van der Waals surface area contributed by atoms with Crippen molar-refractivity contribution in [1.29, 1.82) is 0 Å². The summed E-state index contributed by atoms with van der Waals surface area (Å²) >= 11 is 0. The van der Waals surface area contributed by atoms with E-state index in [1.807, 2.05) is 42.5 Å². The van der Waals surface area contributed by atoms with Gasteiger partial charge in [-0.25, -0.2) is 0 Å². The number of fused-ring (bicyclic) bond motifs is 1. The topological polar surface area (TPSA) is 86.6 Å². The maximum absolute atomic E-state index is 12.4. The average molecular weight is 310 g/mol. The first-order chi connectivity index (χ1) is 11.1. The van der Waals surface area contributed by atoms with Crippen molar-refractivity contribution in [3.8, 4) is 0 Å². The summed E-state index contributed by atoms with van der Waals surface area (Å²) in [5, 5.41) is 10.2. The number of carbonyl (C=O) groups is 1. The van der Waals surface area contributed by atoms with E-state index in [1.165, 1.54) is 0 Å². The summed E-state index contributed by atoms with van der Waals surface area (Å²) in [6.07, 6.45) is 1.66. The second-order valence-electron chi connectivity index (χ2n) is 5.26. The van der Waals surface area contributed by atoms with E-state index in [1.54, 1.807) is 18.2 Å². The van der Waals surface area contributed by atoms with E-state index in [-0.39, 0.29) is 11.7 Å². The van der Waals surface area contributed by atoms with Crippen molar-refractivity contribution in [3.05, 3.63) is 82.5 Å². The number of anilines is 1. The van der Waals surface area contributed by atoms with E-state index in [2.05, 4.69) is 0 Å². The zero-order chi connectivity index (χ0) is 16.4. The first kappa shape index (κ1) is 14.8. The monoisotopic (exact) mass is 310 g/mol. The molecule has 3 rings (SSSR count). The van der Waals surface area contributed by atoms with Gasteiger partial charge in [-0.05, 0) is 22.1 Å². The molecule has 23 heavy (non-hydrogen) atoms. The summed E-state index contributed by atoms with van der Waals surface area (Å²) in [6.45, 7) is -0.462. The fraction of sp³-hybridized carbons (Fsp3) is 0.118. The van der Waals surface area contributed by atoms with Crippen LogP contribution in [0.4, 0.5) is 5.69 Å². The summed E-state index contributed by atoms with van der Waals surface area (Å²) in [6, 6.07) is 16.9. The summed E-state index contributed by atoms with van der Waals surface area (Å²) in [7, 11) is 0. The van der Waals surface area contributed by atoms with Gasteiger partial charge < -0.3 is 5.11 Å². The number of allylic oxidation sites excluding steroid dienone is 1. The highest BCUT2D eigenvalue weighted by Crippen LogP contribution is 2.36. The largest absolute Gasteiger partial charge is 0.480 e. The lowest BCUT2D eigenvalue weighted by molar-refractivity contribution is -0.513. The van der Waals surface area contributed by atoms with Gasteiger partial charge in [0.1, 0.15) is 0 Å². The van der Waals surface area contributed by atoms with Gasteiger partial charge in [0.05, 0.1) is 10.6 Å². The Morgan fingerprint density at radius 1 is 1.13 bits per heavy atom. The number of hydrogen-bond donors (Lipinski definition) is 2. The fourth-order valence-electron chi connectivity index (χ4n) is 2.76. The molecule has 1 aliphatic rings. The van der Waals surface area contributed by atoms with Gasteiger partial charge in [-0.15, -0.1) is 0 Å². The van der Waals surface area contributed by atoms with Crippen molar-refractivity contribution in [2.75, 3.05) is 11.6 Å². The van der Waals surface area contributed by atoms with Crippen LogP contribution in [-0.4, -0.2) is 22.5 Å². The van der Waals surface area contributed by atoms with Gasteiger partial charge in [0, 0.05) is 12.0 Å². The first-order valence-electron chi connectivity index (χ1n) is 7.15. The molecule has 6 nitrogen and oxygen atoms in total. The lowest BCUT2D eigenvalue weighted by Gasteiger charge is -2.19. The minimum Gasteiger partial charge on any atom is -0.480 e. The Kier molecular flexibility index (Phi) is 3.80. The van der Waals surface area contributed by atoms with E-state index < -0.39 is 12.5 Å². The highest BCUT2D eigenvalue weighted by Gasteiger charge is 2.33. The van der Waals surface area contributed by atoms with Crippen LogP contribution < -0.4 is 10.7 Å². The van der Waals surface area contributed by atoms with Crippen molar-refractivity contribution in [1.82, 2.24) is 0 Å². The van der Waals surface area contributed by atoms with Gasteiger partial charge in [-0.3, -0.25) is 10.5 Å². The predicted octanol–water partition coefficient (Wildman–Crippen LogP) is 2.22. The van der Waals surface area contributed by atoms with Crippen molar-refractivity contribution < 1.29 is 14.8 Å². The number of rotatable bonds is 3. The van der Waals surface area contributed by atoms with Crippen molar-refractivity contribution in [2.45, 2.75) is 5.92 Å². The number of aliphatic carboxylic acids is 1. The molecule has 0 aliphatic carbocycles. The van der Waals surface area contributed by atoms with Crippen LogP contribution in [0.15, 0.2) is 66.5 Å². The molecule has 0 bridgehead atoms. The highest BCUT2D eigenvalue weighted by molar-refractivity contribution is 5.74. The Morgan fingerprint density at radius 3 is 2.48 bits per heavy atom. The number of para-hydroxylation sites is 1. The van der Waals surface area contributed by atoms with Crippen LogP contribution in [-0.2, 0) is 4.79 Å². The summed E-state index contributed by atoms with van der Waals surface area (Å²) in [5.41, 5.74) is 8.24. The Balaban J connectivity index is 2.19. The van der Waals surface area contributed by atoms with Crippen LogP contribution >= 0.6 is 0 Å². The molecule has 1 atom stereocenters. The molecule has 0 saturated heterocycles. The first-order valence-corrected chi connectivity index (χ1v) is 7.15.